The number of carboxylic acids is 1. The quantitative estimate of drug-likeness (QED) is 0.473. The molecular weight excluding hydrogens is 504 g/mol. The van der Waals surface area contributed by atoms with E-state index in [4.69, 9.17) is 11.6 Å². The van der Waals surface area contributed by atoms with Crippen LogP contribution < -0.4 is 4.90 Å². The molecule has 3 aromatic rings. The van der Waals surface area contributed by atoms with Crippen molar-refractivity contribution < 1.29 is 19.5 Å². The van der Waals surface area contributed by atoms with Crippen molar-refractivity contribution in [1.29, 1.82) is 0 Å². The summed E-state index contributed by atoms with van der Waals surface area (Å²) in [5.74, 6) is -1.13. The van der Waals surface area contributed by atoms with E-state index in [-0.39, 0.29) is 18.6 Å². The van der Waals surface area contributed by atoms with Crippen LogP contribution in [0.25, 0.3) is 0 Å². The zero-order valence-electron chi connectivity index (χ0n) is 21.0. The normalized spacial score (nSPS) is 20.2. The van der Waals surface area contributed by atoms with Crippen LogP contribution in [0.5, 0.6) is 0 Å². The van der Waals surface area contributed by atoms with Crippen LogP contribution >= 0.6 is 11.6 Å². The fourth-order valence-electron chi connectivity index (χ4n) is 5.54. The summed E-state index contributed by atoms with van der Waals surface area (Å²) in [7, 11) is 1.69. The molecule has 2 aliphatic heterocycles. The number of likely N-dealkylation sites (tertiary alicyclic amines) is 1. The summed E-state index contributed by atoms with van der Waals surface area (Å²) in [5, 5.41) is 10.9. The number of urea groups is 2. The fraction of sp³-hybridized carbons (Fsp3) is 0.276. The van der Waals surface area contributed by atoms with Gasteiger partial charge in [-0.15, -0.1) is 0 Å². The minimum atomic E-state index is -1.17. The Balaban J connectivity index is 1.43. The molecule has 0 spiro atoms. The summed E-state index contributed by atoms with van der Waals surface area (Å²) in [6, 6.07) is 22.9. The molecule has 0 aromatic heterocycles. The summed E-state index contributed by atoms with van der Waals surface area (Å²) in [4.78, 5) is 46.5. The lowest BCUT2D eigenvalue weighted by atomic mass is 10.0. The van der Waals surface area contributed by atoms with Gasteiger partial charge in [-0.3, -0.25) is 4.90 Å². The number of halogens is 1. The Bertz CT molecular complexity index is 1280. The number of para-hydroxylation sites is 2. The second-order valence-corrected chi connectivity index (χ2v) is 10.1. The number of carbonyl (C=O) groups is 3. The lowest BCUT2D eigenvalue weighted by Crippen LogP contribution is -2.67. The Morgan fingerprint density at radius 3 is 2.03 bits per heavy atom. The molecule has 0 saturated carbocycles. The molecule has 8 nitrogen and oxygen atoms in total. The first-order valence-corrected chi connectivity index (χ1v) is 12.9. The van der Waals surface area contributed by atoms with Crippen molar-refractivity contribution in [3.05, 3.63) is 95.5 Å². The SMILES string of the molecule is CN(Cc1ccccc1Cl)C(=O)N1[C@H]2CC[C@@H]1[C@@H](C(=O)O)N(C(=O)N(c1ccccc1)c1ccccc1)C2. The van der Waals surface area contributed by atoms with Gasteiger partial charge in [-0.25, -0.2) is 14.4 Å². The van der Waals surface area contributed by atoms with Gasteiger partial charge >= 0.3 is 18.0 Å². The molecule has 2 heterocycles. The van der Waals surface area contributed by atoms with Gasteiger partial charge in [-0.05, 0) is 48.7 Å². The van der Waals surface area contributed by atoms with Gasteiger partial charge < -0.3 is 19.8 Å². The molecule has 38 heavy (non-hydrogen) atoms. The van der Waals surface area contributed by atoms with E-state index in [1.54, 1.807) is 22.9 Å². The third kappa shape index (κ3) is 4.79. The molecule has 196 valence electrons. The molecule has 2 saturated heterocycles. The lowest BCUT2D eigenvalue weighted by molar-refractivity contribution is -0.145. The molecule has 2 aliphatic rings. The summed E-state index contributed by atoms with van der Waals surface area (Å²) >= 11 is 6.30. The first-order chi connectivity index (χ1) is 18.4. The molecule has 2 bridgehead atoms. The predicted molar refractivity (Wildman–Crippen MR) is 146 cm³/mol. The van der Waals surface area contributed by atoms with Crippen molar-refractivity contribution in [2.75, 3.05) is 18.5 Å². The predicted octanol–water partition coefficient (Wildman–Crippen LogP) is 5.45. The van der Waals surface area contributed by atoms with Crippen LogP contribution in [-0.2, 0) is 11.3 Å². The van der Waals surface area contributed by atoms with Gasteiger partial charge in [-0.1, -0.05) is 66.2 Å². The topological polar surface area (TPSA) is 84.4 Å². The first-order valence-electron chi connectivity index (χ1n) is 12.6. The minimum Gasteiger partial charge on any atom is -0.480 e. The number of benzene rings is 3. The zero-order chi connectivity index (χ0) is 26.8. The molecule has 2 fully saturated rings. The average molecular weight is 533 g/mol. The van der Waals surface area contributed by atoms with Gasteiger partial charge in [0, 0.05) is 25.2 Å². The van der Waals surface area contributed by atoms with Crippen molar-refractivity contribution in [3.8, 4) is 0 Å². The van der Waals surface area contributed by atoms with Gasteiger partial charge in [0.25, 0.3) is 0 Å². The first kappa shape index (κ1) is 25.6. The molecule has 0 aliphatic carbocycles. The van der Waals surface area contributed by atoms with E-state index in [1.807, 2.05) is 78.9 Å². The van der Waals surface area contributed by atoms with E-state index in [0.29, 0.717) is 35.8 Å². The molecule has 9 heteroatoms. The van der Waals surface area contributed by atoms with Gasteiger partial charge in [0.1, 0.15) is 0 Å². The van der Waals surface area contributed by atoms with E-state index in [0.717, 1.165) is 5.56 Å². The third-order valence-corrected chi connectivity index (χ3v) is 7.65. The highest BCUT2D eigenvalue weighted by Crippen LogP contribution is 2.38. The molecule has 5 rings (SSSR count). The Morgan fingerprint density at radius 1 is 0.868 bits per heavy atom. The van der Waals surface area contributed by atoms with E-state index < -0.39 is 24.1 Å². The Morgan fingerprint density at radius 2 is 1.45 bits per heavy atom. The van der Waals surface area contributed by atoms with E-state index in [9.17, 15) is 19.5 Å². The van der Waals surface area contributed by atoms with Crippen molar-refractivity contribution >= 4 is 41.0 Å². The summed E-state index contributed by atoms with van der Waals surface area (Å²) in [6.07, 6.45) is 1.13. The van der Waals surface area contributed by atoms with Gasteiger partial charge in [0.2, 0.25) is 0 Å². The minimum absolute atomic E-state index is 0.133. The molecule has 3 aromatic carbocycles. The highest BCUT2D eigenvalue weighted by Gasteiger charge is 2.54. The number of fused-ring (bicyclic) bond motifs is 2. The maximum atomic E-state index is 14.1. The number of rotatable bonds is 5. The van der Waals surface area contributed by atoms with Crippen molar-refractivity contribution in [2.24, 2.45) is 0 Å². The Kier molecular flexibility index (Phi) is 7.24. The van der Waals surface area contributed by atoms with Crippen LogP contribution in [0.1, 0.15) is 18.4 Å². The van der Waals surface area contributed by atoms with Gasteiger partial charge in [0.05, 0.1) is 23.5 Å². The largest absolute Gasteiger partial charge is 0.480 e. The molecule has 4 amide bonds. The second kappa shape index (κ2) is 10.8. The summed E-state index contributed by atoms with van der Waals surface area (Å²) in [5.41, 5.74) is 2.08. The summed E-state index contributed by atoms with van der Waals surface area (Å²) in [6.45, 7) is 0.429. The van der Waals surface area contributed by atoms with Crippen LogP contribution in [0, 0.1) is 0 Å². The number of hydrogen-bond acceptors (Lipinski definition) is 3. The lowest BCUT2D eigenvalue weighted by Gasteiger charge is -2.47. The Hall–Kier alpha value is -4.04. The highest BCUT2D eigenvalue weighted by atomic mass is 35.5. The number of carbonyl (C=O) groups excluding carboxylic acids is 2. The number of carboxylic acid groups (broad SMARTS) is 1. The summed E-state index contributed by atoms with van der Waals surface area (Å²) < 4.78 is 0. The van der Waals surface area contributed by atoms with Crippen molar-refractivity contribution in [2.45, 2.75) is 37.5 Å². The molecule has 0 unspecified atom stereocenters. The van der Waals surface area contributed by atoms with Crippen molar-refractivity contribution in [1.82, 2.24) is 14.7 Å². The van der Waals surface area contributed by atoms with Crippen LogP contribution in [0.3, 0.4) is 0 Å². The number of amides is 4. The number of anilines is 2. The maximum absolute atomic E-state index is 14.1. The molecular formula is C29H29ClN4O4. The maximum Gasteiger partial charge on any atom is 0.329 e. The van der Waals surface area contributed by atoms with E-state index in [2.05, 4.69) is 0 Å². The number of nitrogens with zero attached hydrogens (tertiary/aromatic N) is 4. The van der Waals surface area contributed by atoms with E-state index >= 15 is 0 Å². The molecule has 1 N–H and O–H groups in total. The smallest absolute Gasteiger partial charge is 0.329 e. The highest BCUT2D eigenvalue weighted by molar-refractivity contribution is 6.31. The standard InChI is InChI=1S/C29H29ClN4O4/c1-31(18-20-10-8-9-15-24(20)30)28(37)34-23-16-17-25(34)26(27(35)36)32(19-23)29(38)33(21-11-4-2-5-12-21)22-13-6-3-7-14-22/h2-15,23,25-26H,16-19H2,1H3,(H,35,36)/t23-,25+,26-/m0/s1. The van der Waals surface area contributed by atoms with Crippen LogP contribution in [0.4, 0.5) is 21.0 Å². The van der Waals surface area contributed by atoms with Crippen LogP contribution in [0.15, 0.2) is 84.9 Å². The number of piperazine rings is 1. The van der Waals surface area contributed by atoms with Crippen LogP contribution in [-0.4, -0.2) is 69.6 Å². The Labute approximate surface area is 226 Å². The number of hydrogen-bond donors (Lipinski definition) is 1. The van der Waals surface area contributed by atoms with Gasteiger partial charge in [-0.2, -0.15) is 0 Å². The van der Waals surface area contributed by atoms with Crippen LogP contribution in [0.2, 0.25) is 5.02 Å². The third-order valence-electron chi connectivity index (χ3n) is 7.29. The van der Waals surface area contributed by atoms with E-state index in [1.165, 1.54) is 9.80 Å². The molecule has 0 radical (unpaired) electrons. The average Bonchev–Trinajstić information content (AvgIpc) is 3.22. The zero-order valence-corrected chi connectivity index (χ0v) is 21.7. The number of aliphatic carboxylic acids is 1. The fourth-order valence-corrected chi connectivity index (χ4v) is 5.74. The monoisotopic (exact) mass is 532 g/mol. The molecule has 3 atom stereocenters. The van der Waals surface area contributed by atoms with Crippen molar-refractivity contribution in [3.63, 3.8) is 0 Å². The van der Waals surface area contributed by atoms with Gasteiger partial charge in [0.15, 0.2) is 6.04 Å². The second-order valence-electron chi connectivity index (χ2n) is 9.66.